The molecule has 0 spiro atoms. The summed E-state index contributed by atoms with van der Waals surface area (Å²) in [5.41, 5.74) is 1.04. The van der Waals surface area contributed by atoms with Crippen LogP contribution in [0.15, 0.2) is 27.1 Å². The summed E-state index contributed by atoms with van der Waals surface area (Å²) in [7, 11) is 0. The van der Waals surface area contributed by atoms with E-state index in [9.17, 15) is 5.11 Å². The highest BCUT2D eigenvalue weighted by Gasteiger charge is 2.25. The highest BCUT2D eigenvalue weighted by molar-refractivity contribution is 9.11. The summed E-state index contributed by atoms with van der Waals surface area (Å²) in [5.74, 6) is 0. The van der Waals surface area contributed by atoms with Crippen LogP contribution in [-0.4, -0.2) is 18.3 Å². The molecule has 0 aliphatic heterocycles. The van der Waals surface area contributed by atoms with E-state index in [0.29, 0.717) is 0 Å². The number of anilines is 1. The van der Waals surface area contributed by atoms with Crippen LogP contribution < -0.4 is 5.32 Å². The Hall–Kier alpha value is -0.0600. The number of hydrogen-bond donors (Lipinski definition) is 2. The molecule has 1 aromatic carbocycles. The first-order valence-corrected chi connectivity index (χ1v) is 7.45. The Morgan fingerprint density at radius 3 is 2.35 bits per heavy atom. The molecule has 0 saturated heterocycles. The predicted molar refractivity (Wildman–Crippen MR) is 80.4 cm³/mol. The average Bonchev–Trinajstić information content (AvgIpc) is 2.33. The first-order chi connectivity index (χ1) is 8.06. The van der Waals surface area contributed by atoms with Gasteiger partial charge in [-0.25, -0.2) is 0 Å². The molecule has 0 unspecified atom stereocenters. The second kappa shape index (κ2) is 6.76. The molecular weight excluding hydrogens is 346 g/mol. The van der Waals surface area contributed by atoms with Gasteiger partial charge in [-0.15, -0.1) is 0 Å². The van der Waals surface area contributed by atoms with Crippen LogP contribution in [0.1, 0.15) is 26.7 Å². The molecule has 0 saturated carbocycles. The van der Waals surface area contributed by atoms with Gasteiger partial charge in [-0.3, -0.25) is 0 Å². The molecule has 0 bridgehead atoms. The number of aliphatic hydroxyl groups is 1. The number of hydrogen-bond acceptors (Lipinski definition) is 2. The SMILES string of the molecule is CCC(CC)(CO)CNc1ccc(Br)cc1Br. The van der Waals surface area contributed by atoms with E-state index in [1.807, 2.05) is 18.2 Å². The molecule has 0 aromatic heterocycles. The molecule has 2 nitrogen and oxygen atoms in total. The Morgan fingerprint density at radius 2 is 1.88 bits per heavy atom. The highest BCUT2D eigenvalue weighted by atomic mass is 79.9. The van der Waals surface area contributed by atoms with Gasteiger partial charge in [-0.1, -0.05) is 29.8 Å². The number of halogens is 2. The van der Waals surface area contributed by atoms with Gasteiger partial charge in [-0.05, 0) is 47.0 Å². The fourth-order valence-corrected chi connectivity index (χ4v) is 2.88. The molecule has 2 N–H and O–H groups in total. The lowest BCUT2D eigenvalue weighted by molar-refractivity contribution is 0.127. The molecule has 0 atom stereocenters. The van der Waals surface area contributed by atoms with Crippen LogP contribution in [0.3, 0.4) is 0 Å². The second-order valence-corrected chi connectivity index (χ2v) is 6.11. The number of nitrogens with one attached hydrogen (secondary N) is 1. The minimum absolute atomic E-state index is 0.0213. The highest BCUT2D eigenvalue weighted by Crippen LogP contribution is 2.30. The lowest BCUT2D eigenvalue weighted by atomic mass is 9.83. The van der Waals surface area contributed by atoms with E-state index in [4.69, 9.17) is 0 Å². The van der Waals surface area contributed by atoms with Crippen LogP contribution in [0.5, 0.6) is 0 Å². The van der Waals surface area contributed by atoms with Crippen molar-refractivity contribution in [3.05, 3.63) is 27.1 Å². The summed E-state index contributed by atoms with van der Waals surface area (Å²) in [5, 5.41) is 12.9. The topological polar surface area (TPSA) is 32.3 Å². The molecular formula is C13H19Br2NO. The van der Waals surface area contributed by atoms with Gasteiger partial charge < -0.3 is 10.4 Å². The van der Waals surface area contributed by atoms with Gasteiger partial charge in [0.15, 0.2) is 0 Å². The molecule has 17 heavy (non-hydrogen) atoms. The van der Waals surface area contributed by atoms with Gasteiger partial charge in [0.2, 0.25) is 0 Å². The zero-order chi connectivity index (χ0) is 12.9. The normalized spacial score (nSPS) is 11.6. The lowest BCUT2D eigenvalue weighted by Gasteiger charge is -2.30. The third kappa shape index (κ3) is 3.97. The van der Waals surface area contributed by atoms with E-state index in [2.05, 4.69) is 51.0 Å². The van der Waals surface area contributed by atoms with E-state index in [1.54, 1.807) is 0 Å². The van der Waals surface area contributed by atoms with Crippen molar-refractivity contribution in [2.75, 3.05) is 18.5 Å². The van der Waals surface area contributed by atoms with Crippen molar-refractivity contribution < 1.29 is 5.11 Å². The molecule has 0 fully saturated rings. The van der Waals surface area contributed by atoms with Crippen molar-refractivity contribution >= 4 is 37.5 Å². The maximum Gasteiger partial charge on any atom is 0.0504 e. The molecule has 1 aromatic rings. The fourth-order valence-electron chi connectivity index (χ4n) is 1.70. The van der Waals surface area contributed by atoms with Crippen LogP contribution in [0.25, 0.3) is 0 Å². The molecule has 0 amide bonds. The molecule has 0 aliphatic carbocycles. The Kier molecular flexibility index (Phi) is 5.97. The van der Waals surface area contributed by atoms with Crippen LogP contribution in [0, 0.1) is 5.41 Å². The van der Waals surface area contributed by atoms with Crippen LogP contribution in [0.2, 0.25) is 0 Å². The Labute approximate surface area is 120 Å². The van der Waals surface area contributed by atoms with Crippen molar-refractivity contribution in [2.45, 2.75) is 26.7 Å². The van der Waals surface area contributed by atoms with Crippen LogP contribution >= 0.6 is 31.9 Å². The molecule has 96 valence electrons. The summed E-state index contributed by atoms with van der Waals surface area (Å²) in [4.78, 5) is 0. The van der Waals surface area contributed by atoms with Gasteiger partial charge in [0.05, 0.1) is 6.61 Å². The number of aliphatic hydroxyl groups excluding tert-OH is 1. The zero-order valence-electron chi connectivity index (χ0n) is 10.3. The Bertz CT molecular complexity index is 356. The van der Waals surface area contributed by atoms with Crippen LogP contribution in [0.4, 0.5) is 5.69 Å². The van der Waals surface area contributed by atoms with E-state index in [1.165, 1.54) is 0 Å². The van der Waals surface area contributed by atoms with Gasteiger partial charge in [0, 0.05) is 26.6 Å². The summed E-state index contributed by atoms with van der Waals surface area (Å²) >= 11 is 6.96. The lowest BCUT2D eigenvalue weighted by Crippen LogP contribution is -2.32. The van der Waals surface area contributed by atoms with Crippen molar-refractivity contribution in [3.8, 4) is 0 Å². The van der Waals surface area contributed by atoms with E-state index in [-0.39, 0.29) is 12.0 Å². The van der Waals surface area contributed by atoms with Crippen molar-refractivity contribution in [3.63, 3.8) is 0 Å². The largest absolute Gasteiger partial charge is 0.396 e. The monoisotopic (exact) mass is 363 g/mol. The zero-order valence-corrected chi connectivity index (χ0v) is 13.4. The number of benzene rings is 1. The second-order valence-electron chi connectivity index (χ2n) is 4.34. The number of rotatable bonds is 6. The molecule has 0 heterocycles. The summed E-state index contributed by atoms with van der Waals surface area (Å²) in [6.07, 6.45) is 1.95. The first kappa shape index (κ1) is 15.0. The van der Waals surface area contributed by atoms with Crippen molar-refractivity contribution in [2.24, 2.45) is 5.41 Å². The van der Waals surface area contributed by atoms with Crippen molar-refractivity contribution in [1.82, 2.24) is 0 Å². The maximum absolute atomic E-state index is 9.51. The Morgan fingerprint density at radius 1 is 1.24 bits per heavy atom. The Balaban J connectivity index is 2.72. The van der Waals surface area contributed by atoms with Gasteiger partial charge in [0.25, 0.3) is 0 Å². The van der Waals surface area contributed by atoms with E-state index >= 15 is 0 Å². The van der Waals surface area contributed by atoms with Crippen LogP contribution in [-0.2, 0) is 0 Å². The predicted octanol–water partition coefficient (Wildman–Crippen LogP) is 4.42. The quantitative estimate of drug-likeness (QED) is 0.782. The average molecular weight is 365 g/mol. The molecule has 0 radical (unpaired) electrons. The summed E-state index contributed by atoms with van der Waals surface area (Å²) < 4.78 is 2.08. The van der Waals surface area contributed by atoms with Gasteiger partial charge in [-0.2, -0.15) is 0 Å². The fraction of sp³-hybridized carbons (Fsp3) is 0.538. The summed E-state index contributed by atoms with van der Waals surface area (Å²) in [6.45, 7) is 5.26. The third-order valence-corrected chi connectivity index (χ3v) is 4.57. The minimum Gasteiger partial charge on any atom is -0.396 e. The van der Waals surface area contributed by atoms with Gasteiger partial charge >= 0.3 is 0 Å². The third-order valence-electron chi connectivity index (χ3n) is 3.42. The standard InChI is InChI=1S/C13H19Br2NO/c1-3-13(4-2,9-17)8-16-12-6-5-10(14)7-11(12)15/h5-7,16-17H,3-4,8-9H2,1-2H3. The van der Waals surface area contributed by atoms with E-state index < -0.39 is 0 Å². The first-order valence-electron chi connectivity index (χ1n) is 5.86. The van der Waals surface area contributed by atoms with Gasteiger partial charge in [0.1, 0.15) is 0 Å². The molecule has 4 heteroatoms. The maximum atomic E-state index is 9.51. The van der Waals surface area contributed by atoms with Crippen molar-refractivity contribution in [1.29, 1.82) is 0 Å². The molecule has 0 aliphatic rings. The summed E-state index contributed by atoms with van der Waals surface area (Å²) in [6, 6.07) is 6.05. The minimum atomic E-state index is -0.0213. The van der Waals surface area contributed by atoms with E-state index in [0.717, 1.165) is 34.0 Å². The smallest absolute Gasteiger partial charge is 0.0504 e. The molecule has 1 rings (SSSR count).